The molecule has 1 saturated carbocycles. The molecule has 1 aromatic carbocycles. The van der Waals surface area contributed by atoms with E-state index < -0.39 is 11.4 Å². The fourth-order valence-corrected chi connectivity index (χ4v) is 2.52. The number of aromatic hydroxyl groups is 1. The van der Waals surface area contributed by atoms with Crippen molar-refractivity contribution in [1.82, 2.24) is 5.32 Å². The second kappa shape index (κ2) is 5.30. The number of carbonyl (C=O) groups is 2. The number of carboxylic acid groups (broad SMARTS) is 1. The van der Waals surface area contributed by atoms with E-state index >= 15 is 0 Å². The smallest absolute Gasteiger partial charge is 0.311 e. The number of hydrogen-bond donors (Lipinski definition) is 3. The highest BCUT2D eigenvalue weighted by Gasteiger charge is 2.41. The SMILES string of the molecule is O=C(NCC1(C(=O)O)CCCC1)c1cccc(O)c1. The zero-order valence-corrected chi connectivity index (χ0v) is 10.6. The fourth-order valence-electron chi connectivity index (χ4n) is 2.52. The number of phenols is 1. The molecule has 0 aliphatic heterocycles. The van der Waals surface area contributed by atoms with Crippen LogP contribution in [0.2, 0.25) is 0 Å². The minimum absolute atomic E-state index is 0.0152. The van der Waals surface area contributed by atoms with Crippen molar-refractivity contribution in [2.45, 2.75) is 25.7 Å². The summed E-state index contributed by atoms with van der Waals surface area (Å²) in [7, 11) is 0. The maximum absolute atomic E-state index is 11.9. The summed E-state index contributed by atoms with van der Waals surface area (Å²) < 4.78 is 0. The van der Waals surface area contributed by atoms with Crippen molar-refractivity contribution in [2.24, 2.45) is 5.41 Å². The Morgan fingerprint density at radius 3 is 2.53 bits per heavy atom. The molecule has 102 valence electrons. The number of benzene rings is 1. The lowest BCUT2D eigenvalue weighted by molar-refractivity contribution is -0.148. The highest BCUT2D eigenvalue weighted by molar-refractivity contribution is 5.94. The van der Waals surface area contributed by atoms with Gasteiger partial charge in [0.25, 0.3) is 5.91 Å². The molecule has 0 aromatic heterocycles. The Morgan fingerprint density at radius 1 is 1.26 bits per heavy atom. The molecular formula is C14H17NO4. The number of carboxylic acids is 1. The molecule has 0 unspecified atom stereocenters. The van der Waals surface area contributed by atoms with E-state index in [1.165, 1.54) is 12.1 Å². The van der Waals surface area contributed by atoms with Gasteiger partial charge in [-0.2, -0.15) is 0 Å². The van der Waals surface area contributed by atoms with Crippen LogP contribution in [0, 0.1) is 5.41 Å². The molecule has 1 aromatic rings. The lowest BCUT2D eigenvalue weighted by Crippen LogP contribution is -2.41. The average Bonchev–Trinajstić information content (AvgIpc) is 2.86. The standard InChI is InChI=1S/C14H17NO4/c16-11-5-3-4-10(8-11)12(17)15-9-14(13(18)19)6-1-2-7-14/h3-5,8,16H,1-2,6-7,9H2,(H,15,17)(H,18,19). The number of nitrogens with one attached hydrogen (secondary N) is 1. The largest absolute Gasteiger partial charge is 0.508 e. The molecule has 0 spiro atoms. The first-order chi connectivity index (χ1) is 9.03. The van der Waals surface area contributed by atoms with Gasteiger partial charge < -0.3 is 15.5 Å². The third kappa shape index (κ3) is 2.86. The van der Waals surface area contributed by atoms with Gasteiger partial charge in [-0.25, -0.2) is 0 Å². The van der Waals surface area contributed by atoms with Gasteiger partial charge in [0.1, 0.15) is 5.75 Å². The van der Waals surface area contributed by atoms with E-state index in [2.05, 4.69) is 5.32 Å². The quantitative estimate of drug-likeness (QED) is 0.772. The maximum atomic E-state index is 11.9. The Morgan fingerprint density at radius 2 is 1.95 bits per heavy atom. The van der Waals surface area contributed by atoms with Crippen LogP contribution in [0.3, 0.4) is 0 Å². The summed E-state index contributed by atoms with van der Waals surface area (Å²) in [6.45, 7) is 0.136. The normalized spacial score (nSPS) is 17.1. The monoisotopic (exact) mass is 263 g/mol. The number of rotatable bonds is 4. The minimum atomic E-state index is -0.846. The molecule has 5 heteroatoms. The Balaban J connectivity index is 2.02. The van der Waals surface area contributed by atoms with E-state index in [1.54, 1.807) is 12.1 Å². The summed E-state index contributed by atoms with van der Waals surface area (Å²) >= 11 is 0. The molecule has 1 amide bonds. The van der Waals surface area contributed by atoms with Crippen molar-refractivity contribution < 1.29 is 19.8 Å². The molecule has 0 bridgehead atoms. The Hall–Kier alpha value is -2.04. The van der Waals surface area contributed by atoms with Crippen LogP contribution in [0.1, 0.15) is 36.0 Å². The number of phenolic OH excluding ortho intramolecular Hbond substituents is 1. The van der Waals surface area contributed by atoms with Gasteiger partial charge >= 0.3 is 5.97 Å². The van der Waals surface area contributed by atoms with Gasteiger partial charge in [-0.15, -0.1) is 0 Å². The Labute approximate surface area is 111 Å². The van der Waals surface area contributed by atoms with Crippen LogP contribution < -0.4 is 5.32 Å². The zero-order valence-electron chi connectivity index (χ0n) is 10.6. The van der Waals surface area contributed by atoms with Crippen LogP contribution in [0.5, 0.6) is 5.75 Å². The molecule has 19 heavy (non-hydrogen) atoms. The molecule has 1 aliphatic rings. The number of aliphatic carboxylic acids is 1. The highest BCUT2D eigenvalue weighted by atomic mass is 16.4. The third-order valence-corrected chi connectivity index (χ3v) is 3.71. The summed E-state index contributed by atoms with van der Waals surface area (Å²) in [4.78, 5) is 23.2. The molecule has 0 atom stereocenters. The van der Waals surface area contributed by atoms with Crippen LogP contribution in [-0.2, 0) is 4.79 Å². The third-order valence-electron chi connectivity index (χ3n) is 3.71. The van der Waals surface area contributed by atoms with E-state index in [-0.39, 0.29) is 18.2 Å². The Kier molecular flexibility index (Phi) is 3.74. The summed E-state index contributed by atoms with van der Waals surface area (Å²) in [5.41, 5.74) is -0.495. The van der Waals surface area contributed by atoms with Gasteiger partial charge in [0.2, 0.25) is 0 Å². The first-order valence-electron chi connectivity index (χ1n) is 6.34. The van der Waals surface area contributed by atoms with E-state index in [0.717, 1.165) is 12.8 Å². The van der Waals surface area contributed by atoms with Gasteiger partial charge in [-0.1, -0.05) is 18.9 Å². The summed E-state index contributed by atoms with van der Waals surface area (Å²) in [5.74, 6) is -1.19. The van der Waals surface area contributed by atoms with E-state index in [9.17, 15) is 19.8 Å². The first kappa shape index (κ1) is 13.4. The van der Waals surface area contributed by atoms with Crippen molar-refractivity contribution >= 4 is 11.9 Å². The predicted octanol–water partition coefficient (Wildman–Crippen LogP) is 1.77. The van der Waals surface area contributed by atoms with E-state index in [0.29, 0.717) is 18.4 Å². The number of carbonyl (C=O) groups excluding carboxylic acids is 1. The average molecular weight is 263 g/mol. The number of hydrogen-bond acceptors (Lipinski definition) is 3. The maximum Gasteiger partial charge on any atom is 0.311 e. The van der Waals surface area contributed by atoms with Gasteiger partial charge in [0.15, 0.2) is 0 Å². The molecule has 5 nitrogen and oxygen atoms in total. The molecule has 1 fully saturated rings. The zero-order chi connectivity index (χ0) is 13.9. The number of amides is 1. The molecule has 0 radical (unpaired) electrons. The van der Waals surface area contributed by atoms with Crippen molar-refractivity contribution in [3.8, 4) is 5.75 Å². The fraction of sp³-hybridized carbons (Fsp3) is 0.429. The summed E-state index contributed by atoms with van der Waals surface area (Å²) in [5, 5.41) is 21.3. The van der Waals surface area contributed by atoms with E-state index in [1.807, 2.05) is 0 Å². The van der Waals surface area contributed by atoms with Crippen molar-refractivity contribution in [3.63, 3.8) is 0 Å². The lowest BCUT2D eigenvalue weighted by atomic mass is 9.86. The van der Waals surface area contributed by atoms with Crippen LogP contribution in [0.25, 0.3) is 0 Å². The predicted molar refractivity (Wildman–Crippen MR) is 69.0 cm³/mol. The van der Waals surface area contributed by atoms with Crippen molar-refractivity contribution in [1.29, 1.82) is 0 Å². The molecule has 2 rings (SSSR count). The molecule has 0 saturated heterocycles. The second-order valence-electron chi connectivity index (χ2n) is 5.03. The lowest BCUT2D eigenvalue weighted by Gasteiger charge is -2.23. The minimum Gasteiger partial charge on any atom is -0.508 e. The molecule has 0 heterocycles. The van der Waals surface area contributed by atoms with Crippen LogP contribution in [0.15, 0.2) is 24.3 Å². The second-order valence-corrected chi connectivity index (χ2v) is 5.03. The van der Waals surface area contributed by atoms with E-state index in [4.69, 9.17) is 0 Å². The summed E-state index contributed by atoms with van der Waals surface area (Å²) in [6.07, 6.45) is 2.97. The molecular weight excluding hydrogens is 246 g/mol. The topological polar surface area (TPSA) is 86.6 Å². The van der Waals surface area contributed by atoms with Gasteiger partial charge in [0, 0.05) is 12.1 Å². The summed E-state index contributed by atoms with van der Waals surface area (Å²) in [6, 6.07) is 5.99. The molecule has 1 aliphatic carbocycles. The van der Waals surface area contributed by atoms with Gasteiger partial charge in [-0.3, -0.25) is 9.59 Å². The van der Waals surface area contributed by atoms with Crippen LogP contribution in [0.4, 0.5) is 0 Å². The Bertz CT molecular complexity index is 492. The van der Waals surface area contributed by atoms with Crippen molar-refractivity contribution in [3.05, 3.63) is 29.8 Å². The molecule has 3 N–H and O–H groups in total. The van der Waals surface area contributed by atoms with Gasteiger partial charge in [-0.05, 0) is 31.0 Å². The van der Waals surface area contributed by atoms with Crippen LogP contribution in [-0.4, -0.2) is 28.6 Å². The van der Waals surface area contributed by atoms with Crippen LogP contribution >= 0.6 is 0 Å². The first-order valence-corrected chi connectivity index (χ1v) is 6.34. The van der Waals surface area contributed by atoms with Crippen molar-refractivity contribution in [2.75, 3.05) is 6.54 Å². The van der Waals surface area contributed by atoms with Gasteiger partial charge in [0.05, 0.1) is 5.41 Å². The highest BCUT2D eigenvalue weighted by Crippen LogP contribution is 2.37.